The summed E-state index contributed by atoms with van der Waals surface area (Å²) < 4.78 is 5.55. The van der Waals surface area contributed by atoms with Gasteiger partial charge >= 0.3 is 0 Å². The van der Waals surface area contributed by atoms with Gasteiger partial charge in [0.05, 0.1) is 10.0 Å². The molecule has 1 heterocycles. The predicted octanol–water partition coefficient (Wildman–Crippen LogP) is 3.55. The van der Waals surface area contributed by atoms with Crippen LogP contribution in [0, 0.1) is 0 Å². The van der Waals surface area contributed by atoms with E-state index < -0.39 is 0 Å². The Morgan fingerprint density at radius 3 is 2.71 bits per heavy atom. The van der Waals surface area contributed by atoms with Crippen LogP contribution in [0.1, 0.15) is 5.56 Å². The first kappa shape index (κ1) is 12.0. The third kappa shape index (κ3) is 3.02. The maximum Gasteiger partial charge on any atom is 0.129 e. The number of nitrogens with zero attached hydrogens (tertiary/aromatic N) is 1. The molecule has 0 aliphatic heterocycles. The highest BCUT2D eigenvalue weighted by atomic mass is 35.5. The zero-order valence-corrected chi connectivity index (χ0v) is 10.4. The number of hydrogen-bond donors (Lipinski definition) is 1. The van der Waals surface area contributed by atoms with Crippen LogP contribution in [0.4, 0.5) is 5.82 Å². The largest absolute Gasteiger partial charge is 0.489 e. The molecule has 2 N–H and O–H groups in total. The van der Waals surface area contributed by atoms with Gasteiger partial charge in [-0.05, 0) is 18.2 Å². The van der Waals surface area contributed by atoms with Crippen molar-refractivity contribution in [1.82, 2.24) is 4.98 Å². The molecule has 0 aliphatic rings. The minimum absolute atomic E-state index is 0.345. The van der Waals surface area contributed by atoms with Gasteiger partial charge in [0, 0.05) is 17.8 Å². The summed E-state index contributed by atoms with van der Waals surface area (Å²) in [7, 11) is 0. The van der Waals surface area contributed by atoms with Gasteiger partial charge in [-0.2, -0.15) is 0 Å². The van der Waals surface area contributed by atoms with Crippen LogP contribution in [0.3, 0.4) is 0 Å². The van der Waals surface area contributed by atoms with Crippen LogP contribution in [0.5, 0.6) is 5.75 Å². The first-order valence-corrected chi connectivity index (χ1v) is 5.69. The lowest BCUT2D eigenvalue weighted by atomic mass is 10.3. The predicted molar refractivity (Wildman–Crippen MR) is 69.4 cm³/mol. The van der Waals surface area contributed by atoms with E-state index in [1.807, 2.05) is 12.1 Å². The second-order valence-electron chi connectivity index (χ2n) is 3.41. The molecule has 0 atom stereocenters. The fourth-order valence-corrected chi connectivity index (χ4v) is 1.59. The molecule has 0 amide bonds. The second kappa shape index (κ2) is 5.25. The number of aromatic nitrogens is 1. The molecule has 0 spiro atoms. The molecule has 3 nitrogen and oxygen atoms in total. The van der Waals surface area contributed by atoms with Gasteiger partial charge in [0.1, 0.15) is 18.2 Å². The summed E-state index contributed by atoms with van der Waals surface area (Å²) in [6.45, 7) is 0.345. The lowest BCUT2D eigenvalue weighted by Gasteiger charge is -2.08. The fraction of sp³-hybridized carbons (Fsp3) is 0.0833. The molecule has 0 saturated carbocycles. The first-order valence-electron chi connectivity index (χ1n) is 4.94. The molecule has 1 aromatic carbocycles. The smallest absolute Gasteiger partial charge is 0.129 e. The Hall–Kier alpha value is -1.45. The second-order valence-corrected chi connectivity index (χ2v) is 4.23. The van der Waals surface area contributed by atoms with Crippen LogP contribution < -0.4 is 10.5 Å². The molecule has 1 aromatic heterocycles. The normalized spacial score (nSPS) is 10.2. The highest BCUT2D eigenvalue weighted by Gasteiger charge is 2.03. The third-order valence-corrected chi connectivity index (χ3v) is 2.95. The Kier molecular flexibility index (Phi) is 3.71. The van der Waals surface area contributed by atoms with Gasteiger partial charge in [-0.3, -0.25) is 0 Å². The van der Waals surface area contributed by atoms with E-state index in [0.717, 1.165) is 5.56 Å². The van der Waals surface area contributed by atoms with Crippen LogP contribution in [-0.2, 0) is 6.61 Å². The average Bonchev–Trinajstić information content (AvgIpc) is 2.32. The summed E-state index contributed by atoms with van der Waals surface area (Å²) in [6, 6.07) is 8.77. The summed E-state index contributed by atoms with van der Waals surface area (Å²) in [5, 5.41) is 0.961. The molecule has 0 aliphatic carbocycles. The highest BCUT2D eigenvalue weighted by molar-refractivity contribution is 6.42. The van der Waals surface area contributed by atoms with Crippen molar-refractivity contribution in [1.29, 1.82) is 0 Å². The topological polar surface area (TPSA) is 48.1 Å². The van der Waals surface area contributed by atoms with E-state index in [9.17, 15) is 0 Å². The van der Waals surface area contributed by atoms with Crippen LogP contribution >= 0.6 is 23.2 Å². The Balaban J connectivity index is 2.08. The van der Waals surface area contributed by atoms with Crippen molar-refractivity contribution in [3.05, 3.63) is 52.1 Å². The van der Waals surface area contributed by atoms with Crippen molar-refractivity contribution in [3.8, 4) is 5.75 Å². The molecule has 0 fully saturated rings. The van der Waals surface area contributed by atoms with E-state index in [1.165, 1.54) is 0 Å². The lowest BCUT2D eigenvalue weighted by Crippen LogP contribution is -2.01. The minimum Gasteiger partial charge on any atom is -0.489 e. The number of rotatable bonds is 3. The van der Waals surface area contributed by atoms with E-state index in [1.54, 1.807) is 24.4 Å². The quantitative estimate of drug-likeness (QED) is 0.926. The number of nitrogens with two attached hydrogens (primary N) is 1. The standard InChI is InChI=1S/C12H10Cl2N2O/c13-10-4-3-9(6-11(10)14)17-7-8-2-1-5-16-12(8)15/h1-6H,7H2,(H2,15,16). The average molecular weight is 269 g/mol. The van der Waals surface area contributed by atoms with Crippen LogP contribution in [0.15, 0.2) is 36.5 Å². The van der Waals surface area contributed by atoms with Gasteiger partial charge < -0.3 is 10.5 Å². The molecule has 5 heteroatoms. The molecular weight excluding hydrogens is 259 g/mol. The van der Waals surface area contributed by atoms with Gasteiger partial charge in [-0.1, -0.05) is 29.3 Å². The Labute approximate surface area is 109 Å². The number of pyridine rings is 1. The highest BCUT2D eigenvalue weighted by Crippen LogP contribution is 2.26. The monoisotopic (exact) mass is 268 g/mol. The van der Waals surface area contributed by atoms with Crippen molar-refractivity contribution < 1.29 is 4.74 Å². The summed E-state index contributed by atoms with van der Waals surface area (Å²) >= 11 is 11.7. The van der Waals surface area contributed by atoms with E-state index in [4.69, 9.17) is 33.7 Å². The molecular formula is C12H10Cl2N2O. The van der Waals surface area contributed by atoms with Crippen LogP contribution in [-0.4, -0.2) is 4.98 Å². The number of ether oxygens (including phenoxy) is 1. The maximum absolute atomic E-state index is 5.88. The zero-order chi connectivity index (χ0) is 12.3. The summed E-state index contributed by atoms with van der Waals surface area (Å²) in [6.07, 6.45) is 1.64. The van der Waals surface area contributed by atoms with Crippen LogP contribution in [0.2, 0.25) is 10.0 Å². The molecule has 88 valence electrons. The molecule has 0 radical (unpaired) electrons. The van der Waals surface area contributed by atoms with Gasteiger partial charge in [0.2, 0.25) is 0 Å². The Morgan fingerprint density at radius 2 is 2.00 bits per heavy atom. The number of nitrogen functional groups attached to an aromatic ring is 1. The van der Waals surface area contributed by atoms with Crippen molar-refractivity contribution in [2.45, 2.75) is 6.61 Å². The maximum atomic E-state index is 5.88. The van der Waals surface area contributed by atoms with Crippen molar-refractivity contribution in [2.24, 2.45) is 0 Å². The van der Waals surface area contributed by atoms with Crippen LogP contribution in [0.25, 0.3) is 0 Å². The summed E-state index contributed by atoms with van der Waals surface area (Å²) in [5.74, 6) is 1.11. The molecule has 17 heavy (non-hydrogen) atoms. The van der Waals surface area contributed by atoms with Gasteiger partial charge in [-0.15, -0.1) is 0 Å². The molecule has 0 unspecified atom stereocenters. The molecule has 2 aromatic rings. The van der Waals surface area contributed by atoms with E-state index in [0.29, 0.717) is 28.2 Å². The first-order chi connectivity index (χ1) is 8.16. The van der Waals surface area contributed by atoms with E-state index in [2.05, 4.69) is 4.98 Å². The third-order valence-electron chi connectivity index (χ3n) is 2.21. The number of hydrogen-bond acceptors (Lipinski definition) is 3. The molecule has 0 saturated heterocycles. The fourth-order valence-electron chi connectivity index (χ4n) is 1.30. The van der Waals surface area contributed by atoms with Gasteiger partial charge in [0.15, 0.2) is 0 Å². The van der Waals surface area contributed by atoms with Crippen molar-refractivity contribution in [2.75, 3.05) is 5.73 Å². The van der Waals surface area contributed by atoms with Crippen molar-refractivity contribution in [3.63, 3.8) is 0 Å². The zero-order valence-electron chi connectivity index (χ0n) is 8.86. The van der Waals surface area contributed by atoms with Crippen molar-refractivity contribution >= 4 is 29.0 Å². The van der Waals surface area contributed by atoms with E-state index in [-0.39, 0.29) is 0 Å². The molecule has 0 bridgehead atoms. The Bertz CT molecular complexity index is 532. The SMILES string of the molecule is Nc1ncccc1COc1ccc(Cl)c(Cl)c1. The summed E-state index contributed by atoms with van der Waals surface area (Å²) in [4.78, 5) is 3.97. The lowest BCUT2D eigenvalue weighted by molar-refractivity contribution is 0.306. The molecule has 2 rings (SSSR count). The number of benzene rings is 1. The number of anilines is 1. The van der Waals surface area contributed by atoms with Gasteiger partial charge in [-0.25, -0.2) is 4.98 Å². The number of halogens is 2. The minimum atomic E-state index is 0.345. The van der Waals surface area contributed by atoms with Gasteiger partial charge in [0.25, 0.3) is 0 Å². The van der Waals surface area contributed by atoms with E-state index >= 15 is 0 Å². The Morgan fingerprint density at radius 1 is 1.18 bits per heavy atom. The summed E-state index contributed by atoms with van der Waals surface area (Å²) in [5.41, 5.74) is 6.53.